The number of nitrogens with zero attached hydrogens (tertiary/aromatic N) is 1. The Balaban J connectivity index is 2.41. The number of amides is 3. The SMILES string of the molecule is CC(CNC(=O)Nc1ccc(F)cc1F)CN(C)C(=O)OC(C)(C)C. The molecule has 0 heterocycles. The van der Waals surface area contributed by atoms with Crippen molar-refractivity contribution >= 4 is 17.8 Å². The lowest BCUT2D eigenvalue weighted by Gasteiger charge is -2.26. The van der Waals surface area contributed by atoms with Gasteiger partial charge in [-0.2, -0.15) is 0 Å². The van der Waals surface area contributed by atoms with Gasteiger partial charge in [-0.05, 0) is 38.8 Å². The van der Waals surface area contributed by atoms with E-state index in [0.717, 1.165) is 12.1 Å². The Morgan fingerprint density at radius 2 is 1.92 bits per heavy atom. The van der Waals surface area contributed by atoms with E-state index in [0.29, 0.717) is 12.6 Å². The van der Waals surface area contributed by atoms with Crippen molar-refractivity contribution in [1.29, 1.82) is 0 Å². The maximum absolute atomic E-state index is 13.5. The second-order valence-electron chi connectivity index (χ2n) is 6.93. The molecule has 25 heavy (non-hydrogen) atoms. The number of benzene rings is 1. The van der Waals surface area contributed by atoms with Crippen LogP contribution in [0.2, 0.25) is 0 Å². The smallest absolute Gasteiger partial charge is 0.410 e. The van der Waals surface area contributed by atoms with Gasteiger partial charge in [0.05, 0.1) is 5.69 Å². The molecule has 0 radical (unpaired) electrons. The Kier molecular flexibility index (Phi) is 7.14. The van der Waals surface area contributed by atoms with E-state index in [-0.39, 0.29) is 18.2 Å². The van der Waals surface area contributed by atoms with Crippen LogP contribution in [0.3, 0.4) is 0 Å². The Labute approximate surface area is 146 Å². The Bertz CT molecular complexity index is 618. The number of hydrogen-bond donors (Lipinski definition) is 2. The topological polar surface area (TPSA) is 70.7 Å². The first-order valence-electron chi connectivity index (χ1n) is 7.92. The Morgan fingerprint density at radius 1 is 1.28 bits per heavy atom. The highest BCUT2D eigenvalue weighted by atomic mass is 19.1. The van der Waals surface area contributed by atoms with Gasteiger partial charge in [-0.15, -0.1) is 0 Å². The summed E-state index contributed by atoms with van der Waals surface area (Å²) >= 11 is 0. The highest BCUT2D eigenvalue weighted by molar-refractivity contribution is 5.89. The molecular formula is C17H25F2N3O3. The summed E-state index contributed by atoms with van der Waals surface area (Å²) in [5.41, 5.74) is -0.691. The normalized spacial score (nSPS) is 12.3. The van der Waals surface area contributed by atoms with Gasteiger partial charge < -0.3 is 20.3 Å². The van der Waals surface area contributed by atoms with Crippen LogP contribution in [0.4, 0.5) is 24.1 Å². The lowest BCUT2D eigenvalue weighted by Crippen LogP contribution is -2.40. The van der Waals surface area contributed by atoms with Crippen LogP contribution in [0.5, 0.6) is 0 Å². The second-order valence-corrected chi connectivity index (χ2v) is 6.93. The minimum atomic E-state index is -0.854. The highest BCUT2D eigenvalue weighted by Crippen LogP contribution is 2.14. The van der Waals surface area contributed by atoms with Crippen molar-refractivity contribution in [3.63, 3.8) is 0 Å². The standard InChI is InChI=1S/C17H25F2N3O3/c1-11(10-22(5)16(24)25-17(2,3)4)9-20-15(23)21-14-7-6-12(18)8-13(14)19/h6-8,11H,9-10H2,1-5H3,(H2,20,21,23). The molecule has 0 aliphatic rings. The van der Waals surface area contributed by atoms with Gasteiger partial charge in [0.2, 0.25) is 0 Å². The lowest BCUT2D eigenvalue weighted by atomic mass is 10.1. The van der Waals surface area contributed by atoms with E-state index >= 15 is 0 Å². The summed E-state index contributed by atoms with van der Waals surface area (Å²) in [4.78, 5) is 25.1. The number of rotatable bonds is 5. The zero-order chi connectivity index (χ0) is 19.2. The van der Waals surface area contributed by atoms with E-state index in [1.54, 1.807) is 27.8 Å². The molecule has 1 rings (SSSR count). The first-order valence-corrected chi connectivity index (χ1v) is 7.92. The monoisotopic (exact) mass is 357 g/mol. The molecule has 1 unspecified atom stereocenters. The van der Waals surface area contributed by atoms with Crippen LogP contribution in [0, 0.1) is 17.6 Å². The highest BCUT2D eigenvalue weighted by Gasteiger charge is 2.21. The minimum absolute atomic E-state index is 0.0543. The van der Waals surface area contributed by atoms with Crippen molar-refractivity contribution in [2.75, 3.05) is 25.5 Å². The number of halogens is 2. The van der Waals surface area contributed by atoms with Gasteiger partial charge in [-0.3, -0.25) is 0 Å². The van der Waals surface area contributed by atoms with Crippen molar-refractivity contribution < 1.29 is 23.1 Å². The van der Waals surface area contributed by atoms with Crippen molar-refractivity contribution in [1.82, 2.24) is 10.2 Å². The molecule has 2 N–H and O–H groups in total. The lowest BCUT2D eigenvalue weighted by molar-refractivity contribution is 0.0278. The van der Waals surface area contributed by atoms with Crippen LogP contribution >= 0.6 is 0 Å². The molecule has 0 aliphatic carbocycles. The summed E-state index contributed by atoms with van der Waals surface area (Å²) < 4.78 is 31.5. The summed E-state index contributed by atoms with van der Waals surface area (Å²) in [5, 5.41) is 4.88. The molecule has 8 heteroatoms. The number of urea groups is 1. The summed E-state index contributed by atoms with van der Waals surface area (Å²) in [7, 11) is 1.61. The van der Waals surface area contributed by atoms with E-state index in [9.17, 15) is 18.4 Å². The third kappa shape index (κ3) is 7.82. The largest absolute Gasteiger partial charge is 0.444 e. The van der Waals surface area contributed by atoms with Crippen molar-refractivity contribution in [3.8, 4) is 0 Å². The first kappa shape index (κ1) is 20.7. The summed E-state index contributed by atoms with van der Waals surface area (Å²) in [6.07, 6.45) is -0.447. The number of hydrogen-bond acceptors (Lipinski definition) is 3. The van der Waals surface area contributed by atoms with Gasteiger partial charge in [0, 0.05) is 26.2 Å². The molecule has 0 saturated heterocycles. The number of carbonyl (C=O) groups is 2. The average molecular weight is 357 g/mol. The van der Waals surface area contributed by atoms with Crippen molar-refractivity contribution in [2.45, 2.75) is 33.3 Å². The zero-order valence-corrected chi connectivity index (χ0v) is 15.2. The van der Waals surface area contributed by atoms with Gasteiger partial charge in [0.15, 0.2) is 0 Å². The molecule has 0 saturated carbocycles. The number of anilines is 1. The zero-order valence-electron chi connectivity index (χ0n) is 15.2. The van der Waals surface area contributed by atoms with E-state index in [2.05, 4.69) is 10.6 Å². The maximum Gasteiger partial charge on any atom is 0.410 e. The van der Waals surface area contributed by atoms with Gasteiger partial charge in [0.25, 0.3) is 0 Å². The molecule has 1 aromatic carbocycles. The van der Waals surface area contributed by atoms with E-state index in [4.69, 9.17) is 4.74 Å². The second kappa shape index (κ2) is 8.64. The molecule has 140 valence electrons. The molecule has 0 spiro atoms. The molecule has 0 fully saturated rings. The average Bonchev–Trinajstić information content (AvgIpc) is 2.46. The van der Waals surface area contributed by atoms with Gasteiger partial charge in [-0.25, -0.2) is 18.4 Å². The Hall–Kier alpha value is -2.38. The van der Waals surface area contributed by atoms with Crippen LogP contribution in [0.25, 0.3) is 0 Å². The van der Waals surface area contributed by atoms with E-state index < -0.39 is 29.4 Å². The number of carbonyl (C=O) groups excluding carboxylic acids is 2. The van der Waals surface area contributed by atoms with Gasteiger partial charge >= 0.3 is 12.1 Å². The number of nitrogens with one attached hydrogen (secondary N) is 2. The third-order valence-corrected chi connectivity index (χ3v) is 3.08. The van der Waals surface area contributed by atoms with Crippen LogP contribution in [-0.2, 0) is 4.74 Å². The van der Waals surface area contributed by atoms with Gasteiger partial charge in [0.1, 0.15) is 17.2 Å². The van der Waals surface area contributed by atoms with Crippen LogP contribution < -0.4 is 10.6 Å². The Morgan fingerprint density at radius 3 is 2.48 bits per heavy atom. The fourth-order valence-electron chi connectivity index (χ4n) is 1.97. The first-order chi connectivity index (χ1) is 11.5. The maximum atomic E-state index is 13.5. The van der Waals surface area contributed by atoms with Crippen LogP contribution in [0.1, 0.15) is 27.7 Å². The summed E-state index contributed by atoms with van der Waals surface area (Å²) in [5.74, 6) is -1.63. The van der Waals surface area contributed by atoms with Gasteiger partial charge in [-0.1, -0.05) is 6.92 Å². The van der Waals surface area contributed by atoms with E-state index in [1.165, 1.54) is 4.90 Å². The summed E-state index contributed by atoms with van der Waals surface area (Å²) in [6.45, 7) is 7.83. The molecule has 0 bridgehead atoms. The fraction of sp³-hybridized carbons (Fsp3) is 0.529. The van der Waals surface area contributed by atoms with Crippen LogP contribution in [-0.4, -0.2) is 42.8 Å². The molecule has 0 aromatic heterocycles. The minimum Gasteiger partial charge on any atom is -0.444 e. The molecule has 3 amide bonds. The quantitative estimate of drug-likeness (QED) is 0.846. The van der Waals surface area contributed by atoms with Crippen LogP contribution in [0.15, 0.2) is 18.2 Å². The predicted octanol–water partition coefficient (Wildman–Crippen LogP) is 3.59. The van der Waals surface area contributed by atoms with E-state index in [1.807, 2.05) is 6.92 Å². The molecule has 0 aliphatic heterocycles. The number of ether oxygens (including phenoxy) is 1. The summed E-state index contributed by atoms with van der Waals surface area (Å²) in [6, 6.07) is 2.27. The molecule has 1 aromatic rings. The van der Waals surface area contributed by atoms with Crippen molar-refractivity contribution in [3.05, 3.63) is 29.8 Å². The van der Waals surface area contributed by atoms with Crippen molar-refractivity contribution in [2.24, 2.45) is 5.92 Å². The molecular weight excluding hydrogens is 332 g/mol. The third-order valence-electron chi connectivity index (χ3n) is 3.08. The fourth-order valence-corrected chi connectivity index (χ4v) is 1.97. The molecule has 1 atom stereocenters. The predicted molar refractivity (Wildman–Crippen MR) is 91.4 cm³/mol. The molecule has 6 nitrogen and oxygen atoms in total.